The van der Waals surface area contributed by atoms with E-state index in [9.17, 15) is 4.79 Å². The zero-order valence-electron chi connectivity index (χ0n) is 13.0. The highest BCUT2D eigenvalue weighted by Crippen LogP contribution is 2.27. The minimum absolute atomic E-state index is 0.274. The second-order valence-electron chi connectivity index (χ2n) is 6.09. The van der Waals surface area contributed by atoms with E-state index in [1.54, 1.807) is 17.2 Å². The van der Waals surface area contributed by atoms with Crippen molar-refractivity contribution in [2.45, 2.75) is 26.4 Å². The molecule has 2 rings (SSSR count). The summed E-state index contributed by atoms with van der Waals surface area (Å²) in [7, 11) is 0. The Hall–Kier alpha value is -1.81. The molecule has 1 aromatic heterocycles. The van der Waals surface area contributed by atoms with Gasteiger partial charge in [0.2, 0.25) is 0 Å². The number of carbonyl (C=O) groups excluding carboxylic acids is 1. The summed E-state index contributed by atoms with van der Waals surface area (Å²) in [5.74, 6) is 0. The van der Waals surface area contributed by atoms with Gasteiger partial charge in [0.1, 0.15) is 17.4 Å². The maximum Gasteiger partial charge on any atom is 0.410 e. The van der Waals surface area contributed by atoms with Crippen molar-refractivity contribution in [3.8, 4) is 6.07 Å². The minimum Gasteiger partial charge on any atom is -0.444 e. The molecular formula is C15H19BrN4O2. The van der Waals surface area contributed by atoms with Gasteiger partial charge in [0.05, 0.1) is 11.9 Å². The van der Waals surface area contributed by atoms with Gasteiger partial charge in [0, 0.05) is 30.7 Å². The van der Waals surface area contributed by atoms with Crippen molar-refractivity contribution in [2.75, 3.05) is 31.1 Å². The fraction of sp³-hybridized carbons (Fsp3) is 0.533. The lowest BCUT2D eigenvalue weighted by molar-refractivity contribution is 0.0240. The van der Waals surface area contributed by atoms with Crippen LogP contribution in [0.1, 0.15) is 26.5 Å². The lowest BCUT2D eigenvalue weighted by atomic mass is 10.2. The lowest BCUT2D eigenvalue weighted by Gasteiger charge is -2.36. The van der Waals surface area contributed by atoms with Gasteiger partial charge in [-0.2, -0.15) is 5.26 Å². The predicted molar refractivity (Wildman–Crippen MR) is 86.7 cm³/mol. The van der Waals surface area contributed by atoms with Crippen LogP contribution in [0.25, 0.3) is 0 Å². The highest BCUT2D eigenvalue weighted by Gasteiger charge is 2.26. The van der Waals surface area contributed by atoms with Crippen molar-refractivity contribution in [2.24, 2.45) is 0 Å². The SMILES string of the molecule is CC(C)(C)OC(=O)N1CCN(c2cnc(C#N)cc2Br)CC1. The molecule has 1 amide bonds. The summed E-state index contributed by atoms with van der Waals surface area (Å²) < 4.78 is 6.22. The fourth-order valence-electron chi connectivity index (χ4n) is 2.17. The number of carbonyl (C=O) groups is 1. The van der Waals surface area contributed by atoms with Crippen LogP contribution in [0, 0.1) is 11.3 Å². The molecule has 2 heterocycles. The number of amides is 1. The predicted octanol–water partition coefficient (Wildman–Crippen LogP) is 2.77. The second kappa shape index (κ2) is 6.53. The van der Waals surface area contributed by atoms with E-state index in [1.165, 1.54) is 0 Å². The smallest absolute Gasteiger partial charge is 0.410 e. The molecule has 118 valence electrons. The molecule has 1 saturated heterocycles. The summed E-state index contributed by atoms with van der Waals surface area (Å²) in [4.78, 5) is 20.0. The van der Waals surface area contributed by atoms with Crippen molar-refractivity contribution < 1.29 is 9.53 Å². The molecular weight excluding hydrogens is 348 g/mol. The van der Waals surface area contributed by atoms with E-state index in [2.05, 4.69) is 25.8 Å². The molecule has 22 heavy (non-hydrogen) atoms. The maximum absolute atomic E-state index is 12.0. The van der Waals surface area contributed by atoms with Gasteiger partial charge in [0.25, 0.3) is 0 Å². The molecule has 1 aliphatic rings. The third-order valence-electron chi connectivity index (χ3n) is 3.22. The van der Waals surface area contributed by atoms with E-state index < -0.39 is 5.60 Å². The van der Waals surface area contributed by atoms with Crippen LogP contribution in [0.4, 0.5) is 10.5 Å². The fourth-order valence-corrected chi connectivity index (χ4v) is 2.74. The number of aromatic nitrogens is 1. The second-order valence-corrected chi connectivity index (χ2v) is 6.94. The topological polar surface area (TPSA) is 69.5 Å². The van der Waals surface area contributed by atoms with Crippen LogP contribution in [-0.4, -0.2) is 47.8 Å². The number of pyridine rings is 1. The molecule has 0 atom stereocenters. The third-order valence-corrected chi connectivity index (χ3v) is 3.86. The minimum atomic E-state index is -0.478. The molecule has 0 spiro atoms. The van der Waals surface area contributed by atoms with Crippen LogP contribution in [0.15, 0.2) is 16.7 Å². The molecule has 7 heteroatoms. The Balaban J connectivity index is 1.98. The number of nitriles is 1. The van der Waals surface area contributed by atoms with E-state index in [0.717, 1.165) is 10.2 Å². The van der Waals surface area contributed by atoms with Crippen LogP contribution in [0.3, 0.4) is 0 Å². The van der Waals surface area contributed by atoms with Crippen LogP contribution in [0.2, 0.25) is 0 Å². The van der Waals surface area contributed by atoms with Gasteiger partial charge in [0.15, 0.2) is 0 Å². The molecule has 1 aromatic rings. The standard InChI is InChI=1S/C15H19BrN4O2/c1-15(2,3)22-14(21)20-6-4-19(5-7-20)13-10-18-11(9-17)8-12(13)16/h8,10H,4-7H2,1-3H3. The highest BCUT2D eigenvalue weighted by atomic mass is 79.9. The van der Waals surface area contributed by atoms with E-state index in [4.69, 9.17) is 10.00 Å². The monoisotopic (exact) mass is 366 g/mol. The van der Waals surface area contributed by atoms with Crippen molar-refractivity contribution in [1.82, 2.24) is 9.88 Å². The van der Waals surface area contributed by atoms with Gasteiger partial charge in [-0.3, -0.25) is 0 Å². The Morgan fingerprint density at radius 3 is 2.50 bits per heavy atom. The van der Waals surface area contributed by atoms with Gasteiger partial charge in [-0.1, -0.05) is 0 Å². The molecule has 0 saturated carbocycles. The molecule has 1 aliphatic heterocycles. The number of hydrogen-bond donors (Lipinski definition) is 0. The number of nitrogens with zero attached hydrogens (tertiary/aromatic N) is 4. The van der Waals surface area contributed by atoms with Crippen LogP contribution >= 0.6 is 15.9 Å². The average Bonchev–Trinajstić information content (AvgIpc) is 2.45. The van der Waals surface area contributed by atoms with E-state index in [1.807, 2.05) is 26.8 Å². The van der Waals surface area contributed by atoms with E-state index in [0.29, 0.717) is 31.9 Å². The lowest BCUT2D eigenvalue weighted by Crippen LogP contribution is -2.50. The Bertz CT molecular complexity index is 599. The zero-order valence-corrected chi connectivity index (χ0v) is 14.6. The van der Waals surface area contributed by atoms with Gasteiger partial charge in [-0.25, -0.2) is 9.78 Å². The van der Waals surface area contributed by atoms with Crippen molar-refractivity contribution in [1.29, 1.82) is 5.26 Å². The molecule has 0 aliphatic carbocycles. The average molecular weight is 367 g/mol. The van der Waals surface area contributed by atoms with Gasteiger partial charge in [-0.05, 0) is 42.8 Å². The molecule has 0 aromatic carbocycles. The normalized spacial score (nSPS) is 15.4. The Morgan fingerprint density at radius 2 is 2.00 bits per heavy atom. The van der Waals surface area contributed by atoms with E-state index in [-0.39, 0.29) is 6.09 Å². The highest BCUT2D eigenvalue weighted by molar-refractivity contribution is 9.10. The maximum atomic E-state index is 12.0. The number of ether oxygens (including phenoxy) is 1. The summed E-state index contributed by atoms with van der Waals surface area (Å²) in [6, 6.07) is 3.72. The number of rotatable bonds is 1. The van der Waals surface area contributed by atoms with Crippen LogP contribution in [0.5, 0.6) is 0 Å². The zero-order chi connectivity index (χ0) is 16.3. The first-order valence-corrected chi connectivity index (χ1v) is 7.88. The van der Waals surface area contributed by atoms with Crippen LogP contribution in [-0.2, 0) is 4.74 Å². The molecule has 6 nitrogen and oxygen atoms in total. The molecule has 1 fully saturated rings. The number of piperazine rings is 1. The largest absolute Gasteiger partial charge is 0.444 e. The summed E-state index contributed by atoms with van der Waals surface area (Å²) in [6.45, 7) is 8.18. The number of hydrogen-bond acceptors (Lipinski definition) is 5. The summed E-state index contributed by atoms with van der Waals surface area (Å²) in [5, 5.41) is 8.85. The molecule has 0 bridgehead atoms. The van der Waals surface area contributed by atoms with Gasteiger partial charge in [-0.15, -0.1) is 0 Å². The first-order valence-electron chi connectivity index (χ1n) is 7.08. The van der Waals surface area contributed by atoms with E-state index >= 15 is 0 Å². The molecule has 0 unspecified atom stereocenters. The van der Waals surface area contributed by atoms with Crippen molar-refractivity contribution in [3.63, 3.8) is 0 Å². The first-order chi connectivity index (χ1) is 10.3. The Labute approximate surface area is 138 Å². The first kappa shape index (κ1) is 16.6. The Kier molecular flexibility index (Phi) is 4.91. The molecule has 0 N–H and O–H groups in total. The number of anilines is 1. The van der Waals surface area contributed by atoms with Gasteiger partial charge >= 0.3 is 6.09 Å². The number of halogens is 1. The van der Waals surface area contributed by atoms with Crippen molar-refractivity contribution >= 4 is 27.7 Å². The quantitative estimate of drug-likeness (QED) is 0.764. The summed E-state index contributed by atoms with van der Waals surface area (Å²) in [5.41, 5.74) is 0.833. The van der Waals surface area contributed by atoms with Crippen LogP contribution < -0.4 is 4.90 Å². The molecule has 0 radical (unpaired) electrons. The third kappa shape index (κ3) is 4.10. The summed E-state index contributed by atoms with van der Waals surface area (Å²) in [6.07, 6.45) is 1.41. The van der Waals surface area contributed by atoms with Crippen molar-refractivity contribution in [3.05, 3.63) is 22.4 Å². The summed E-state index contributed by atoms with van der Waals surface area (Å²) >= 11 is 3.47. The Morgan fingerprint density at radius 1 is 1.36 bits per heavy atom. The van der Waals surface area contributed by atoms with Gasteiger partial charge < -0.3 is 14.5 Å².